The van der Waals surface area contributed by atoms with Gasteiger partial charge in [-0.2, -0.15) is 0 Å². The molecule has 0 unspecified atom stereocenters. The van der Waals surface area contributed by atoms with Crippen LogP contribution in [0.1, 0.15) is 15.9 Å². The van der Waals surface area contributed by atoms with Crippen molar-refractivity contribution < 1.29 is 17.9 Å². The molecule has 0 fully saturated rings. The number of esters is 1. The van der Waals surface area contributed by atoms with Gasteiger partial charge in [0, 0.05) is 4.47 Å². The van der Waals surface area contributed by atoms with Crippen molar-refractivity contribution in [1.29, 1.82) is 0 Å². The molecule has 1 N–H and O–H groups in total. The summed E-state index contributed by atoms with van der Waals surface area (Å²) in [7, 11) is -2.64. The van der Waals surface area contributed by atoms with Gasteiger partial charge < -0.3 is 4.74 Å². The molecule has 9 heteroatoms. The van der Waals surface area contributed by atoms with E-state index in [-0.39, 0.29) is 25.6 Å². The van der Waals surface area contributed by atoms with Crippen molar-refractivity contribution in [3.8, 4) is 0 Å². The SMILES string of the molecule is COC(=O)c1c(Br)cc(Cl)c(NS(=O)(=O)c2ccc(C)cc2)c1Br. The van der Waals surface area contributed by atoms with Crippen LogP contribution in [0.4, 0.5) is 5.69 Å². The van der Waals surface area contributed by atoms with Crippen LogP contribution >= 0.6 is 43.5 Å². The van der Waals surface area contributed by atoms with E-state index in [0.717, 1.165) is 5.56 Å². The molecule has 0 atom stereocenters. The first kappa shape index (κ1) is 19.2. The lowest BCUT2D eigenvalue weighted by Gasteiger charge is -2.15. The van der Waals surface area contributed by atoms with E-state index in [0.29, 0.717) is 4.47 Å². The first-order chi connectivity index (χ1) is 11.2. The third-order valence-electron chi connectivity index (χ3n) is 3.13. The molecule has 0 heterocycles. The van der Waals surface area contributed by atoms with Gasteiger partial charge in [0.2, 0.25) is 0 Å². The Kier molecular flexibility index (Phi) is 5.95. The van der Waals surface area contributed by atoms with Gasteiger partial charge in [-0.25, -0.2) is 13.2 Å². The molecular formula is C15H12Br2ClNO4S. The molecule has 2 aromatic carbocycles. The Balaban J connectivity index is 2.53. The van der Waals surface area contributed by atoms with Crippen LogP contribution in [0.2, 0.25) is 5.02 Å². The van der Waals surface area contributed by atoms with Gasteiger partial charge in [-0.1, -0.05) is 29.3 Å². The largest absolute Gasteiger partial charge is 0.465 e. The Morgan fingerprint density at radius 1 is 1.21 bits per heavy atom. The molecule has 2 aromatic rings. The van der Waals surface area contributed by atoms with Crippen molar-refractivity contribution in [2.45, 2.75) is 11.8 Å². The molecule has 0 aliphatic heterocycles. The number of benzene rings is 2. The van der Waals surface area contributed by atoms with Crippen LogP contribution in [-0.4, -0.2) is 21.5 Å². The third kappa shape index (κ3) is 3.93. The summed E-state index contributed by atoms with van der Waals surface area (Å²) >= 11 is 12.6. The minimum atomic E-state index is -3.87. The van der Waals surface area contributed by atoms with Gasteiger partial charge in [0.05, 0.1) is 32.8 Å². The molecule has 0 spiro atoms. The van der Waals surface area contributed by atoms with E-state index >= 15 is 0 Å². The van der Waals surface area contributed by atoms with Crippen LogP contribution < -0.4 is 4.72 Å². The minimum Gasteiger partial charge on any atom is -0.465 e. The van der Waals surface area contributed by atoms with Crippen molar-refractivity contribution in [3.63, 3.8) is 0 Å². The number of aryl methyl sites for hydroxylation is 1. The lowest BCUT2D eigenvalue weighted by molar-refractivity contribution is 0.0598. The molecule has 0 saturated heterocycles. The maximum absolute atomic E-state index is 12.5. The van der Waals surface area contributed by atoms with Crippen LogP contribution in [0.5, 0.6) is 0 Å². The Morgan fingerprint density at radius 2 is 1.79 bits per heavy atom. The average Bonchev–Trinajstić information content (AvgIpc) is 2.51. The smallest absolute Gasteiger partial charge is 0.340 e. The van der Waals surface area contributed by atoms with Gasteiger partial charge in [-0.15, -0.1) is 0 Å². The van der Waals surface area contributed by atoms with E-state index in [4.69, 9.17) is 16.3 Å². The van der Waals surface area contributed by atoms with Crippen LogP contribution in [0.3, 0.4) is 0 Å². The molecule has 2 rings (SSSR count). The Labute approximate surface area is 161 Å². The highest BCUT2D eigenvalue weighted by molar-refractivity contribution is 9.11. The molecule has 24 heavy (non-hydrogen) atoms. The first-order valence-electron chi connectivity index (χ1n) is 6.52. The van der Waals surface area contributed by atoms with Gasteiger partial charge in [-0.3, -0.25) is 4.72 Å². The maximum Gasteiger partial charge on any atom is 0.340 e. The average molecular weight is 498 g/mol. The molecule has 128 valence electrons. The van der Waals surface area contributed by atoms with Gasteiger partial charge in [0.1, 0.15) is 0 Å². The summed E-state index contributed by atoms with van der Waals surface area (Å²) in [5.74, 6) is -0.638. The number of carbonyl (C=O) groups excluding carboxylic acids is 1. The molecule has 5 nitrogen and oxygen atoms in total. The van der Waals surface area contributed by atoms with Crippen LogP contribution in [0.15, 0.2) is 44.2 Å². The molecule has 0 saturated carbocycles. The van der Waals surface area contributed by atoms with Crippen LogP contribution in [0.25, 0.3) is 0 Å². The first-order valence-corrected chi connectivity index (χ1v) is 9.97. The van der Waals surface area contributed by atoms with E-state index in [9.17, 15) is 13.2 Å². The predicted octanol–water partition coefficient (Wildman–Crippen LogP) is 4.76. The highest BCUT2D eigenvalue weighted by atomic mass is 79.9. The summed E-state index contributed by atoms with van der Waals surface area (Å²) < 4.78 is 32.7. The summed E-state index contributed by atoms with van der Waals surface area (Å²) in [5.41, 5.74) is 1.12. The van der Waals surface area contributed by atoms with Crippen molar-refractivity contribution >= 4 is 65.1 Å². The zero-order chi connectivity index (χ0) is 18.1. The Bertz CT molecular complexity index is 899. The second-order valence-corrected chi connectivity index (χ2v) is 8.55. The minimum absolute atomic E-state index is 0.0563. The standard InChI is InChI=1S/C15H12Br2ClNO4S/c1-8-3-5-9(6-4-8)24(21,22)19-14-11(18)7-10(16)12(13(14)17)15(20)23-2/h3-7,19H,1-2H3. The third-order valence-corrected chi connectivity index (χ3v) is 6.21. The highest BCUT2D eigenvalue weighted by Gasteiger charge is 2.24. The maximum atomic E-state index is 12.5. The molecule has 0 aromatic heterocycles. The summed E-state index contributed by atoms with van der Waals surface area (Å²) in [6, 6.07) is 7.77. The Morgan fingerprint density at radius 3 is 2.33 bits per heavy atom. The molecule has 0 amide bonds. The Hall–Kier alpha value is -1.09. The number of anilines is 1. The van der Waals surface area contributed by atoms with Crippen molar-refractivity contribution in [1.82, 2.24) is 0 Å². The number of nitrogens with one attached hydrogen (secondary N) is 1. The fourth-order valence-corrected chi connectivity index (χ4v) is 5.20. The lowest BCUT2D eigenvalue weighted by atomic mass is 10.2. The lowest BCUT2D eigenvalue weighted by Crippen LogP contribution is -2.15. The van der Waals surface area contributed by atoms with Crippen LogP contribution in [0, 0.1) is 6.92 Å². The quantitative estimate of drug-likeness (QED) is 0.619. The van der Waals surface area contributed by atoms with E-state index in [2.05, 4.69) is 36.6 Å². The highest BCUT2D eigenvalue weighted by Crippen LogP contribution is 2.39. The molecule has 0 aliphatic rings. The van der Waals surface area contributed by atoms with Gasteiger partial charge in [-0.05, 0) is 57.0 Å². The van der Waals surface area contributed by atoms with Gasteiger partial charge in [0.25, 0.3) is 10.0 Å². The molecule has 0 bridgehead atoms. The summed E-state index contributed by atoms with van der Waals surface area (Å²) in [4.78, 5) is 12.0. The van der Waals surface area contributed by atoms with Gasteiger partial charge >= 0.3 is 5.97 Å². The second kappa shape index (κ2) is 7.43. The monoisotopic (exact) mass is 495 g/mol. The number of halogens is 3. The van der Waals surface area contributed by atoms with E-state index in [1.165, 1.54) is 25.3 Å². The summed E-state index contributed by atoms with van der Waals surface area (Å²) in [5, 5.41) is 0.122. The zero-order valence-electron chi connectivity index (χ0n) is 12.6. The zero-order valence-corrected chi connectivity index (χ0v) is 17.3. The second-order valence-electron chi connectivity index (χ2n) is 4.81. The fourth-order valence-electron chi connectivity index (χ4n) is 1.88. The number of hydrogen-bond donors (Lipinski definition) is 1. The number of methoxy groups -OCH3 is 1. The van der Waals surface area contributed by atoms with E-state index in [1.807, 2.05) is 6.92 Å². The topological polar surface area (TPSA) is 72.5 Å². The number of ether oxygens (including phenoxy) is 1. The van der Waals surface area contributed by atoms with E-state index in [1.54, 1.807) is 12.1 Å². The van der Waals surface area contributed by atoms with Crippen LogP contribution in [-0.2, 0) is 14.8 Å². The summed E-state index contributed by atoms with van der Waals surface area (Å²) in [6.45, 7) is 1.86. The molecular weight excluding hydrogens is 485 g/mol. The summed E-state index contributed by atoms with van der Waals surface area (Å²) in [6.07, 6.45) is 0. The number of carbonyl (C=O) groups is 1. The van der Waals surface area contributed by atoms with E-state index < -0.39 is 16.0 Å². The van der Waals surface area contributed by atoms with Crippen molar-refractivity contribution in [2.24, 2.45) is 0 Å². The van der Waals surface area contributed by atoms with Gasteiger partial charge in [0.15, 0.2) is 0 Å². The van der Waals surface area contributed by atoms with Crippen molar-refractivity contribution in [2.75, 3.05) is 11.8 Å². The number of rotatable bonds is 4. The number of hydrogen-bond acceptors (Lipinski definition) is 4. The molecule has 0 radical (unpaired) electrons. The predicted molar refractivity (Wildman–Crippen MR) is 100 cm³/mol. The normalized spacial score (nSPS) is 11.2. The number of sulfonamides is 1. The van der Waals surface area contributed by atoms with Crippen molar-refractivity contribution in [3.05, 3.63) is 55.4 Å². The fraction of sp³-hybridized carbons (Fsp3) is 0.133. The molecule has 0 aliphatic carbocycles.